The van der Waals surface area contributed by atoms with Crippen molar-refractivity contribution in [2.45, 2.75) is 32.9 Å². The molecule has 0 bridgehead atoms. The van der Waals surface area contributed by atoms with E-state index in [1.807, 2.05) is 6.08 Å². The van der Waals surface area contributed by atoms with Crippen molar-refractivity contribution in [1.29, 1.82) is 0 Å². The van der Waals surface area contributed by atoms with E-state index in [1.54, 1.807) is 6.33 Å². The Labute approximate surface area is 166 Å². The molecule has 0 radical (unpaired) electrons. The molecule has 28 heavy (non-hydrogen) atoms. The molecule has 0 aliphatic rings. The first-order chi connectivity index (χ1) is 13.8. The van der Waals surface area contributed by atoms with Crippen LogP contribution in [0.2, 0.25) is 0 Å². The summed E-state index contributed by atoms with van der Waals surface area (Å²) in [5.74, 6) is 1.81. The number of aryl methyl sites for hydroxylation is 2. The largest absolute Gasteiger partial charge is 0.355 e. The van der Waals surface area contributed by atoms with E-state index in [9.17, 15) is 0 Å². The lowest BCUT2D eigenvalue weighted by atomic mass is 10.2. The highest BCUT2D eigenvalue weighted by atomic mass is 15.3. The zero-order valence-electron chi connectivity index (χ0n) is 16.5. The summed E-state index contributed by atoms with van der Waals surface area (Å²) >= 11 is 0. The minimum atomic E-state index is 0.681. The Morgan fingerprint density at radius 1 is 1.18 bits per heavy atom. The van der Waals surface area contributed by atoms with Crippen LogP contribution in [0, 0.1) is 0 Å². The summed E-state index contributed by atoms with van der Waals surface area (Å²) in [7, 11) is 0. The van der Waals surface area contributed by atoms with Gasteiger partial charge in [-0.25, -0.2) is 0 Å². The van der Waals surface area contributed by atoms with Crippen LogP contribution < -0.4 is 10.6 Å². The maximum atomic E-state index is 4.69. The van der Waals surface area contributed by atoms with Crippen LogP contribution in [0.4, 0.5) is 0 Å². The van der Waals surface area contributed by atoms with Gasteiger partial charge >= 0.3 is 0 Å². The highest BCUT2D eigenvalue weighted by Crippen LogP contribution is 2.15. The zero-order chi connectivity index (χ0) is 19.6. The molecule has 148 valence electrons. The summed E-state index contributed by atoms with van der Waals surface area (Å²) in [6.07, 6.45) is 7.61. The van der Waals surface area contributed by atoms with E-state index in [0.717, 1.165) is 50.8 Å². The van der Waals surface area contributed by atoms with Crippen molar-refractivity contribution in [1.82, 2.24) is 30.0 Å². The molecule has 0 atom stereocenters. The number of fused-ring (bicyclic) bond motifs is 1. The summed E-state index contributed by atoms with van der Waals surface area (Å²) in [5, 5.41) is 16.0. The number of rotatable bonds is 10. The molecule has 0 unspecified atom stereocenters. The molecule has 0 saturated heterocycles. The van der Waals surface area contributed by atoms with Gasteiger partial charge in [0.25, 0.3) is 0 Å². The minimum Gasteiger partial charge on any atom is -0.355 e. The summed E-state index contributed by atoms with van der Waals surface area (Å²) in [5.41, 5.74) is 1.27. The molecule has 7 heteroatoms. The molecule has 0 aliphatic carbocycles. The third-order valence-electron chi connectivity index (χ3n) is 4.58. The van der Waals surface area contributed by atoms with Gasteiger partial charge in [0.15, 0.2) is 5.96 Å². The van der Waals surface area contributed by atoms with Crippen LogP contribution >= 0.6 is 0 Å². The fourth-order valence-corrected chi connectivity index (χ4v) is 3.14. The van der Waals surface area contributed by atoms with Gasteiger partial charge in [-0.2, -0.15) is 0 Å². The summed E-state index contributed by atoms with van der Waals surface area (Å²) in [6, 6.07) is 10.6. The predicted octanol–water partition coefficient (Wildman–Crippen LogP) is 2.61. The topological polar surface area (TPSA) is 72.1 Å². The number of hydrogen-bond donors (Lipinski definition) is 2. The van der Waals surface area contributed by atoms with Crippen molar-refractivity contribution in [3.63, 3.8) is 0 Å². The van der Waals surface area contributed by atoms with Crippen LogP contribution in [-0.2, 0) is 19.5 Å². The Bertz CT molecular complexity index is 906. The highest BCUT2D eigenvalue weighted by molar-refractivity contribution is 5.80. The molecule has 0 spiro atoms. The van der Waals surface area contributed by atoms with Crippen molar-refractivity contribution in [3.05, 3.63) is 61.3 Å². The summed E-state index contributed by atoms with van der Waals surface area (Å²) in [6.45, 7) is 9.80. The van der Waals surface area contributed by atoms with E-state index in [2.05, 4.69) is 80.0 Å². The highest BCUT2D eigenvalue weighted by Gasteiger charge is 2.03. The van der Waals surface area contributed by atoms with Crippen LogP contribution in [-0.4, -0.2) is 44.9 Å². The Hall–Kier alpha value is -3.09. The first-order valence-corrected chi connectivity index (χ1v) is 9.85. The minimum absolute atomic E-state index is 0.681. The fraction of sp³-hybridized carbons (Fsp3) is 0.381. The van der Waals surface area contributed by atoms with Gasteiger partial charge in [-0.3, -0.25) is 4.99 Å². The van der Waals surface area contributed by atoms with Gasteiger partial charge in [-0.15, -0.1) is 16.8 Å². The van der Waals surface area contributed by atoms with Crippen LogP contribution in [0.5, 0.6) is 0 Å². The fourth-order valence-electron chi connectivity index (χ4n) is 3.14. The van der Waals surface area contributed by atoms with Crippen molar-refractivity contribution >= 4 is 16.9 Å². The Kier molecular flexibility index (Phi) is 7.23. The third kappa shape index (κ3) is 5.22. The summed E-state index contributed by atoms with van der Waals surface area (Å²) in [4.78, 5) is 4.69. The van der Waals surface area contributed by atoms with Crippen molar-refractivity contribution in [3.8, 4) is 0 Å². The van der Waals surface area contributed by atoms with Gasteiger partial charge < -0.3 is 19.8 Å². The molecule has 0 fully saturated rings. The van der Waals surface area contributed by atoms with Crippen LogP contribution in [0.3, 0.4) is 0 Å². The quantitative estimate of drug-likeness (QED) is 0.246. The SMILES string of the molecule is C=CCNC(=NCCCn1ccc2ccccc21)NCCn1cnnc1CC. The standard InChI is InChI=1S/C21H29N7/c1-3-11-22-21(24-13-16-28-17-25-26-20(28)4-2)23-12-7-14-27-15-10-18-8-5-6-9-19(18)27/h3,5-6,8-10,15,17H,1,4,7,11-14,16H2,2H3,(H2,22,23,24). The van der Waals surface area contributed by atoms with E-state index >= 15 is 0 Å². The van der Waals surface area contributed by atoms with E-state index in [0.29, 0.717) is 6.54 Å². The number of nitrogens with one attached hydrogen (secondary N) is 2. The number of aromatic nitrogens is 4. The van der Waals surface area contributed by atoms with Crippen LogP contribution in [0.15, 0.2) is 60.5 Å². The molecule has 0 amide bonds. The second kappa shape index (κ2) is 10.3. The molecular weight excluding hydrogens is 350 g/mol. The average molecular weight is 380 g/mol. The molecule has 0 saturated carbocycles. The summed E-state index contributed by atoms with van der Waals surface area (Å²) < 4.78 is 4.35. The van der Waals surface area contributed by atoms with Crippen LogP contribution in [0.25, 0.3) is 10.9 Å². The van der Waals surface area contributed by atoms with Crippen LogP contribution in [0.1, 0.15) is 19.2 Å². The molecule has 3 rings (SSSR count). The van der Waals surface area contributed by atoms with E-state index in [-0.39, 0.29) is 0 Å². The monoisotopic (exact) mass is 379 g/mol. The van der Waals surface area contributed by atoms with Gasteiger partial charge in [-0.05, 0) is 23.9 Å². The van der Waals surface area contributed by atoms with Gasteiger partial charge in [0.2, 0.25) is 0 Å². The second-order valence-corrected chi connectivity index (χ2v) is 6.54. The molecule has 3 aromatic rings. The number of aliphatic imine (C=N–C) groups is 1. The Balaban J connectivity index is 1.49. The van der Waals surface area contributed by atoms with E-state index in [1.165, 1.54) is 10.9 Å². The normalized spacial score (nSPS) is 11.7. The lowest BCUT2D eigenvalue weighted by Gasteiger charge is -2.12. The number of para-hydroxylation sites is 1. The maximum Gasteiger partial charge on any atom is 0.191 e. The lowest BCUT2D eigenvalue weighted by molar-refractivity contribution is 0.630. The molecule has 0 aliphatic heterocycles. The molecule has 2 aromatic heterocycles. The van der Waals surface area contributed by atoms with Gasteiger partial charge in [0.05, 0.1) is 0 Å². The number of benzene rings is 1. The first kappa shape index (κ1) is 19.7. The molecular formula is C21H29N7. The molecule has 7 nitrogen and oxygen atoms in total. The third-order valence-corrected chi connectivity index (χ3v) is 4.58. The number of hydrogen-bond acceptors (Lipinski definition) is 3. The lowest BCUT2D eigenvalue weighted by Crippen LogP contribution is -2.39. The molecule has 1 aromatic carbocycles. The predicted molar refractivity (Wildman–Crippen MR) is 114 cm³/mol. The van der Waals surface area contributed by atoms with Gasteiger partial charge in [-0.1, -0.05) is 31.2 Å². The van der Waals surface area contributed by atoms with E-state index in [4.69, 9.17) is 4.99 Å². The Morgan fingerprint density at radius 3 is 2.93 bits per heavy atom. The van der Waals surface area contributed by atoms with E-state index < -0.39 is 0 Å². The van der Waals surface area contributed by atoms with Crippen molar-refractivity contribution in [2.75, 3.05) is 19.6 Å². The smallest absolute Gasteiger partial charge is 0.191 e. The van der Waals surface area contributed by atoms with Crippen molar-refractivity contribution < 1.29 is 0 Å². The van der Waals surface area contributed by atoms with Gasteiger partial charge in [0, 0.05) is 50.9 Å². The first-order valence-electron chi connectivity index (χ1n) is 9.85. The number of nitrogens with zero attached hydrogens (tertiary/aromatic N) is 5. The Morgan fingerprint density at radius 2 is 2.07 bits per heavy atom. The zero-order valence-corrected chi connectivity index (χ0v) is 16.5. The maximum absolute atomic E-state index is 4.69. The number of guanidine groups is 1. The average Bonchev–Trinajstić information content (AvgIpc) is 3.35. The molecule has 2 N–H and O–H groups in total. The molecule has 2 heterocycles. The van der Waals surface area contributed by atoms with Gasteiger partial charge in [0.1, 0.15) is 12.2 Å². The second-order valence-electron chi connectivity index (χ2n) is 6.54. The van der Waals surface area contributed by atoms with Crippen molar-refractivity contribution in [2.24, 2.45) is 4.99 Å².